The molecule has 0 atom stereocenters. The summed E-state index contributed by atoms with van der Waals surface area (Å²) < 4.78 is 5.49. The summed E-state index contributed by atoms with van der Waals surface area (Å²) in [5, 5.41) is 7.97. The summed E-state index contributed by atoms with van der Waals surface area (Å²) in [5.41, 5.74) is 2.21. The summed E-state index contributed by atoms with van der Waals surface area (Å²) in [6.45, 7) is 6.17. The first-order chi connectivity index (χ1) is 8.42. The Labute approximate surface area is 102 Å². The lowest BCUT2D eigenvalue weighted by atomic mass is 10.2. The van der Waals surface area contributed by atoms with Crippen LogP contribution in [0.3, 0.4) is 0 Å². The summed E-state index contributed by atoms with van der Waals surface area (Å²) in [6, 6.07) is 8.16. The lowest BCUT2D eigenvalue weighted by Gasteiger charge is -2.03. The summed E-state index contributed by atoms with van der Waals surface area (Å²) in [6.07, 6.45) is 3.01. The molecule has 0 bridgehead atoms. The van der Waals surface area contributed by atoms with Gasteiger partial charge in [0.15, 0.2) is 0 Å². The second-order valence-corrected chi connectivity index (χ2v) is 4.14. The van der Waals surface area contributed by atoms with Crippen LogP contribution < -0.4 is 10.6 Å². The number of rotatable bonds is 7. The van der Waals surface area contributed by atoms with Crippen LogP contribution >= 0.6 is 0 Å². The van der Waals surface area contributed by atoms with Crippen molar-refractivity contribution in [1.29, 1.82) is 0 Å². The van der Waals surface area contributed by atoms with Crippen molar-refractivity contribution in [3.63, 3.8) is 0 Å². The minimum atomic E-state index is 0.878. The molecule has 3 nitrogen and oxygen atoms in total. The van der Waals surface area contributed by atoms with Crippen LogP contribution in [-0.2, 0) is 6.54 Å². The van der Waals surface area contributed by atoms with Crippen LogP contribution in [0.2, 0.25) is 0 Å². The molecule has 2 N–H and O–H groups in total. The first-order valence-corrected chi connectivity index (χ1v) is 6.28. The van der Waals surface area contributed by atoms with Crippen LogP contribution in [0.25, 0.3) is 11.0 Å². The third-order valence-electron chi connectivity index (χ3n) is 2.83. The zero-order valence-corrected chi connectivity index (χ0v) is 10.3. The van der Waals surface area contributed by atoms with Gasteiger partial charge in [0.05, 0.1) is 6.26 Å². The maximum atomic E-state index is 5.49. The average Bonchev–Trinajstić information content (AvgIpc) is 2.77. The van der Waals surface area contributed by atoms with Gasteiger partial charge in [-0.05, 0) is 32.1 Å². The summed E-state index contributed by atoms with van der Waals surface area (Å²) in [7, 11) is 0. The molecule has 0 aliphatic heterocycles. The van der Waals surface area contributed by atoms with E-state index in [2.05, 4.69) is 23.6 Å². The van der Waals surface area contributed by atoms with E-state index >= 15 is 0 Å². The van der Waals surface area contributed by atoms with Crippen molar-refractivity contribution in [3.05, 3.63) is 36.1 Å². The molecule has 17 heavy (non-hydrogen) atoms. The van der Waals surface area contributed by atoms with Crippen molar-refractivity contribution in [2.75, 3.05) is 19.6 Å². The van der Waals surface area contributed by atoms with E-state index in [1.807, 2.05) is 24.5 Å². The molecular weight excluding hydrogens is 212 g/mol. The van der Waals surface area contributed by atoms with Crippen molar-refractivity contribution < 1.29 is 4.42 Å². The zero-order valence-electron chi connectivity index (χ0n) is 10.3. The molecule has 0 unspecified atom stereocenters. The monoisotopic (exact) mass is 232 g/mol. The van der Waals surface area contributed by atoms with Gasteiger partial charge in [-0.1, -0.05) is 25.1 Å². The summed E-state index contributed by atoms with van der Waals surface area (Å²) >= 11 is 0. The summed E-state index contributed by atoms with van der Waals surface area (Å²) in [4.78, 5) is 0. The highest BCUT2D eigenvalue weighted by atomic mass is 16.3. The highest BCUT2D eigenvalue weighted by Crippen LogP contribution is 2.20. The maximum absolute atomic E-state index is 5.49. The highest BCUT2D eigenvalue weighted by Gasteiger charge is 2.03. The molecule has 0 spiro atoms. The Hall–Kier alpha value is -1.32. The van der Waals surface area contributed by atoms with Gasteiger partial charge in [0, 0.05) is 17.5 Å². The van der Waals surface area contributed by atoms with Crippen molar-refractivity contribution in [2.45, 2.75) is 19.9 Å². The molecule has 1 aromatic heterocycles. The number of furan rings is 1. The molecule has 1 aromatic carbocycles. The topological polar surface area (TPSA) is 37.2 Å². The standard InChI is InChI=1S/C14H20N2O/c1-2-15-8-5-9-16-10-12-11-17-14-7-4-3-6-13(12)14/h3-4,6-7,11,15-16H,2,5,8-10H2,1H3. The SMILES string of the molecule is CCNCCCNCc1coc2ccccc12. The Kier molecular flexibility index (Phi) is 4.59. The van der Waals surface area contributed by atoms with Gasteiger partial charge < -0.3 is 15.1 Å². The molecule has 0 saturated carbocycles. The highest BCUT2D eigenvalue weighted by molar-refractivity contribution is 5.80. The van der Waals surface area contributed by atoms with Crippen LogP contribution in [-0.4, -0.2) is 19.6 Å². The average molecular weight is 232 g/mol. The van der Waals surface area contributed by atoms with Gasteiger partial charge in [-0.25, -0.2) is 0 Å². The Bertz CT molecular complexity index is 450. The van der Waals surface area contributed by atoms with E-state index in [0.29, 0.717) is 0 Å². The van der Waals surface area contributed by atoms with Crippen LogP contribution in [0, 0.1) is 0 Å². The second-order valence-electron chi connectivity index (χ2n) is 4.14. The van der Waals surface area contributed by atoms with Crippen LogP contribution in [0.15, 0.2) is 34.9 Å². The van der Waals surface area contributed by atoms with Crippen LogP contribution in [0.4, 0.5) is 0 Å². The number of para-hydroxylation sites is 1. The molecule has 0 fully saturated rings. The van der Waals surface area contributed by atoms with Gasteiger partial charge in [-0.2, -0.15) is 0 Å². The van der Waals surface area contributed by atoms with E-state index in [-0.39, 0.29) is 0 Å². The molecule has 0 aliphatic rings. The van der Waals surface area contributed by atoms with Gasteiger partial charge in [0.25, 0.3) is 0 Å². The largest absolute Gasteiger partial charge is 0.464 e. The zero-order chi connectivity index (χ0) is 11.9. The molecule has 1 heterocycles. The predicted molar refractivity (Wildman–Crippen MR) is 71.1 cm³/mol. The normalized spacial score (nSPS) is 11.1. The molecular formula is C14H20N2O. The molecule has 0 radical (unpaired) electrons. The number of hydrogen-bond donors (Lipinski definition) is 2. The fourth-order valence-electron chi connectivity index (χ4n) is 1.91. The molecule has 0 amide bonds. The maximum Gasteiger partial charge on any atom is 0.134 e. The Morgan fingerprint density at radius 1 is 1.12 bits per heavy atom. The van der Waals surface area contributed by atoms with Crippen molar-refractivity contribution in [2.24, 2.45) is 0 Å². The Morgan fingerprint density at radius 3 is 2.82 bits per heavy atom. The smallest absolute Gasteiger partial charge is 0.134 e. The van der Waals surface area contributed by atoms with Crippen molar-refractivity contribution >= 4 is 11.0 Å². The van der Waals surface area contributed by atoms with Crippen LogP contribution in [0.1, 0.15) is 18.9 Å². The van der Waals surface area contributed by atoms with Gasteiger partial charge in [0.1, 0.15) is 5.58 Å². The number of nitrogens with one attached hydrogen (secondary N) is 2. The first kappa shape index (κ1) is 12.1. The van der Waals surface area contributed by atoms with Crippen molar-refractivity contribution in [1.82, 2.24) is 10.6 Å². The van der Waals surface area contributed by atoms with E-state index < -0.39 is 0 Å². The number of benzene rings is 1. The number of hydrogen-bond acceptors (Lipinski definition) is 3. The Balaban J connectivity index is 1.79. The third-order valence-corrected chi connectivity index (χ3v) is 2.83. The first-order valence-electron chi connectivity index (χ1n) is 6.28. The van der Waals surface area contributed by atoms with E-state index in [1.165, 1.54) is 10.9 Å². The van der Waals surface area contributed by atoms with Crippen molar-refractivity contribution in [3.8, 4) is 0 Å². The van der Waals surface area contributed by atoms with E-state index in [1.54, 1.807) is 0 Å². The molecule has 3 heteroatoms. The molecule has 2 aromatic rings. The summed E-state index contributed by atoms with van der Waals surface area (Å²) in [5.74, 6) is 0. The fraction of sp³-hybridized carbons (Fsp3) is 0.429. The molecule has 0 aliphatic carbocycles. The molecule has 2 rings (SSSR count). The third kappa shape index (κ3) is 3.32. The van der Waals surface area contributed by atoms with Crippen LogP contribution in [0.5, 0.6) is 0 Å². The molecule has 0 saturated heterocycles. The Morgan fingerprint density at radius 2 is 1.94 bits per heavy atom. The van der Waals surface area contributed by atoms with Gasteiger partial charge in [0.2, 0.25) is 0 Å². The lowest BCUT2D eigenvalue weighted by molar-refractivity contribution is 0.588. The minimum Gasteiger partial charge on any atom is -0.464 e. The fourth-order valence-corrected chi connectivity index (χ4v) is 1.91. The number of fused-ring (bicyclic) bond motifs is 1. The quantitative estimate of drug-likeness (QED) is 0.720. The molecule has 92 valence electrons. The van der Waals surface area contributed by atoms with Gasteiger partial charge >= 0.3 is 0 Å². The van der Waals surface area contributed by atoms with Gasteiger partial charge in [-0.15, -0.1) is 0 Å². The van der Waals surface area contributed by atoms with E-state index in [4.69, 9.17) is 4.42 Å². The predicted octanol–water partition coefficient (Wildman–Crippen LogP) is 2.52. The van der Waals surface area contributed by atoms with E-state index in [0.717, 1.165) is 38.2 Å². The van der Waals surface area contributed by atoms with E-state index in [9.17, 15) is 0 Å². The van der Waals surface area contributed by atoms with Gasteiger partial charge in [-0.3, -0.25) is 0 Å². The lowest BCUT2D eigenvalue weighted by Crippen LogP contribution is -2.21. The minimum absolute atomic E-state index is 0.878. The second kappa shape index (κ2) is 6.42.